The average Bonchev–Trinajstić information content (AvgIpc) is 3.34. The number of carbonyl (C=O) groups excluding carboxylic acids is 1. The number of aryl methyl sites for hydroxylation is 1. The van der Waals surface area contributed by atoms with Crippen molar-refractivity contribution in [3.63, 3.8) is 0 Å². The third-order valence-corrected chi connectivity index (χ3v) is 5.18. The van der Waals surface area contributed by atoms with Gasteiger partial charge in [-0.05, 0) is 55.9 Å². The van der Waals surface area contributed by atoms with Gasteiger partial charge in [0.2, 0.25) is 5.91 Å². The Balaban J connectivity index is 1.56. The molecule has 1 aliphatic heterocycles. The molecule has 25 heavy (non-hydrogen) atoms. The van der Waals surface area contributed by atoms with Crippen molar-refractivity contribution in [3.8, 4) is 0 Å². The van der Waals surface area contributed by atoms with Crippen LogP contribution in [0.25, 0.3) is 0 Å². The highest BCUT2D eigenvalue weighted by atomic mass is 16.5. The van der Waals surface area contributed by atoms with Crippen molar-refractivity contribution in [1.82, 2.24) is 9.88 Å². The highest BCUT2D eigenvalue weighted by Gasteiger charge is 2.33. The van der Waals surface area contributed by atoms with Crippen molar-refractivity contribution in [2.45, 2.75) is 50.7 Å². The lowest BCUT2D eigenvalue weighted by molar-refractivity contribution is -0.135. The number of furan rings is 1. The van der Waals surface area contributed by atoms with E-state index < -0.39 is 0 Å². The average molecular weight is 340 g/mol. The summed E-state index contributed by atoms with van der Waals surface area (Å²) in [5.41, 5.74) is 2.16. The van der Waals surface area contributed by atoms with Gasteiger partial charge in [0, 0.05) is 19.3 Å². The van der Waals surface area contributed by atoms with E-state index in [1.807, 2.05) is 23.1 Å². The largest absolute Gasteiger partial charge is 0.467 e. The molecule has 2 aromatic heterocycles. The summed E-state index contributed by atoms with van der Waals surface area (Å²) in [6, 6.07) is 7.84. The Hall–Kier alpha value is -2.14. The van der Waals surface area contributed by atoms with Gasteiger partial charge in [-0.3, -0.25) is 9.78 Å². The minimum Gasteiger partial charge on any atom is -0.467 e. The summed E-state index contributed by atoms with van der Waals surface area (Å²) >= 11 is 0. The van der Waals surface area contributed by atoms with E-state index in [0.717, 1.165) is 50.2 Å². The van der Waals surface area contributed by atoms with Gasteiger partial charge in [0.1, 0.15) is 5.76 Å². The molecule has 1 aliphatic carbocycles. The smallest absolute Gasteiger partial charge is 0.232 e. The number of pyridine rings is 1. The molecule has 5 heteroatoms. The number of amides is 1. The van der Waals surface area contributed by atoms with Gasteiger partial charge in [-0.25, -0.2) is 0 Å². The van der Waals surface area contributed by atoms with Crippen LogP contribution in [0.4, 0.5) is 0 Å². The first-order chi connectivity index (χ1) is 12.3. The van der Waals surface area contributed by atoms with Gasteiger partial charge in [-0.1, -0.05) is 6.07 Å². The molecular formula is C20H24N2O3. The molecule has 5 nitrogen and oxygen atoms in total. The third-order valence-electron chi connectivity index (χ3n) is 5.18. The van der Waals surface area contributed by atoms with Crippen LogP contribution in [0.1, 0.15) is 48.6 Å². The van der Waals surface area contributed by atoms with Gasteiger partial charge in [0.05, 0.1) is 30.5 Å². The topological polar surface area (TPSA) is 55.6 Å². The molecule has 2 aliphatic rings. The molecule has 1 amide bonds. The van der Waals surface area contributed by atoms with Crippen LogP contribution < -0.4 is 0 Å². The fourth-order valence-corrected chi connectivity index (χ4v) is 3.93. The predicted molar refractivity (Wildman–Crippen MR) is 93.0 cm³/mol. The first kappa shape index (κ1) is 16.3. The van der Waals surface area contributed by atoms with E-state index in [9.17, 15) is 4.79 Å². The second-order valence-corrected chi connectivity index (χ2v) is 6.93. The van der Waals surface area contributed by atoms with Gasteiger partial charge in [0.15, 0.2) is 0 Å². The van der Waals surface area contributed by atoms with Gasteiger partial charge in [0.25, 0.3) is 0 Å². The van der Waals surface area contributed by atoms with E-state index in [-0.39, 0.29) is 17.9 Å². The summed E-state index contributed by atoms with van der Waals surface area (Å²) in [5, 5.41) is 0. The molecule has 0 bridgehead atoms. The normalized spacial score (nSPS) is 22.6. The zero-order valence-electron chi connectivity index (χ0n) is 14.4. The Labute approximate surface area is 148 Å². The summed E-state index contributed by atoms with van der Waals surface area (Å²) in [7, 11) is 0. The van der Waals surface area contributed by atoms with E-state index >= 15 is 0 Å². The molecule has 0 saturated carbocycles. The monoisotopic (exact) mass is 340 g/mol. The third kappa shape index (κ3) is 3.61. The number of nitrogens with zero attached hydrogens (tertiary/aromatic N) is 2. The van der Waals surface area contributed by atoms with Crippen molar-refractivity contribution >= 4 is 5.91 Å². The molecule has 1 fully saturated rings. The summed E-state index contributed by atoms with van der Waals surface area (Å²) < 4.78 is 11.3. The van der Waals surface area contributed by atoms with Crippen LogP contribution in [0.5, 0.6) is 0 Å². The molecule has 0 aromatic carbocycles. The lowest BCUT2D eigenvalue weighted by atomic mass is 9.85. The zero-order chi connectivity index (χ0) is 17.1. The second-order valence-electron chi connectivity index (χ2n) is 6.93. The minimum absolute atomic E-state index is 0.130. The van der Waals surface area contributed by atoms with Crippen molar-refractivity contribution in [2.75, 3.05) is 13.2 Å². The maximum absolute atomic E-state index is 13.4. The Morgan fingerprint density at radius 2 is 2.20 bits per heavy atom. The summed E-state index contributed by atoms with van der Waals surface area (Å²) in [4.78, 5) is 19.8. The molecule has 3 heterocycles. The van der Waals surface area contributed by atoms with Crippen molar-refractivity contribution in [1.29, 1.82) is 0 Å². The predicted octanol–water partition coefficient (Wildman–Crippen LogP) is 3.30. The summed E-state index contributed by atoms with van der Waals surface area (Å²) in [6.07, 6.45) is 8.57. The highest BCUT2D eigenvalue weighted by Crippen LogP contribution is 2.32. The van der Waals surface area contributed by atoms with Gasteiger partial charge in [-0.15, -0.1) is 0 Å². The lowest BCUT2D eigenvalue weighted by Gasteiger charge is -2.31. The first-order valence-corrected chi connectivity index (χ1v) is 9.18. The second kappa shape index (κ2) is 7.40. The number of hydrogen-bond acceptors (Lipinski definition) is 4. The molecule has 0 N–H and O–H groups in total. The number of ether oxygens (including phenoxy) is 1. The van der Waals surface area contributed by atoms with E-state index in [1.165, 1.54) is 5.56 Å². The molecule has 4 rings (SSSR count). The highest BCUT2D eigenvalue weighted by molar-refractivity contribution is 5.84. The SMILES string of the molecule is O=C([C@H]1CCCc2cccnc21)N(Cc1ccco1)C[C@H]1CCCO1. The summed E-state index contributed by atoms with van der Waals surface area (Å²) in [5.74, 6) is 0.802. The summed E-state index contributed by atoms with van der Waals surface area (Å²) in [6.45, 7) is 1.91. The standard InChI is InChI=1S/C20H24N2O3/c23-20(18-9-1-5-15-6-2-10-21-19(15)18)22(13-16-7-3-11-24-16)14-17-8-4-12-25-17/h2-3,6-7,10-11,17-18H,1,4-5,8-9,12-14H2/t17-,18+/m1/s1. The number of carbonyl (C=O) groups is 1. The molecule has 1 saturated heterocycles. The Kier molecular flexibility index (Phi) is 4.83. The van der Waals surface area contributed by atoms with Crippen LogP contribution in [0.3, 0.4) is 0 Å². The van der Waals surface area contributed by atoms with E-state index in [4.69, 9.17) is 9.15 Å². The number of aromatic nitrogens is 1. The van der Waals surface area contributed by atoms with Crippen molar-refractivity contribution in [3.05, 3.63) is 53.7 Å². The molecule has 2 aromatic rings. The van der Waals surface area contributed by atoms with Crippen LogP contribution in [0.2, 0.25) is 0 Å². The Morgan fingerprint density at radius 1 is 1.24 bits per heavy atom. The zero-order valence-corrected chi connectivity index (χ0v) is 14.4. The quantitative estimate of drug-likeness (QED) is 0.838. The fourth-order valence-electron chi connectivity index (χ4n) is 3.93. The lowest BCUT2D eigenvalue weighted by Crippen LogP contribution is -2.40. The maximum Gasteiger partial charge on any atom is 0.232 e. The van der Waals surface area contributed by atoms with Gasteiger partial charge >= 0.3 is 0 Å². The molecule has 0 spiro atoms. The van der Waals surface area contributed by atoms with E-state index in [1.54, 1.807) is 12.5 Å². The number of rotatable bonds is 5. The van der Waals surface area contributed by atoms with Crippen LogP contribution in [-0.2, 0) is 22.5 Å². The Morgan fingerprint density at radius 3 is 3.00 bits per heavy atom. The van der Waals surface area contributed by atoms with E-state index in [2.05, 4.69) is 11.1 Å². The molecule has 0 radical (unpaired) electrons. The number of fused-ring (bicyclic) bond motifs is 1. The van der Waals surface area contributed by atoms with Crippen molar-refractivity contribution < 1.29 is 13.9 Å². The fraction of sp³-hybridized carbons (Fsp3) is 0.500. The molecular weight excluding hydrogens is 316 g/mol. The van der Waals surface area contributed by atoms with Crippen LogP contribution >= 0.6 is 0 Å². The van der Waals surface area contributed by atoms with Gasteiger partial charge in [-0.2, -0.15) is 0 Å². The Bertz CT molecular complexity index is 707. The van der Waals surface area contributed by atoms with E-state index in [0.29, 0.717) is 13.1 Å². The molecule has 2 atom stereocenters. The van der Waals surface area contributed by atoms with Crippen molar-refractivity contribution in [2.24, 2.45) is 0 Å². The number of hydrogen-bond donors (Lipinski definition) is 0. The van der Waals surface area contributed by atoms with Gasteiger partial charge < -0.3 is 14.1 Å². The minimum atomic E-state index is -0.152. The maximum atomic E-state index is 13.4. The molecule has 132 valence electrons. The van der Waals surface area contributed by atoms with Crippen LogP contribution in [0.15, 0.2) is 41.1 Å². The molecule has 0 unspecified atom stereocenters. The first-order valence-electron chi connectivity index (χ1n) is 9.18. The van der Waals surface area contributed by atoms with Crippen LogP contribution in [0, 0.1) is 0 Å². The van der Waals surface area contributed by atoms with Crippen LogP contribution in [-0.4, -0.2) is 35.0 Å².